The van der Waals surface area contributed by atoms with Crippen molar-refractivity contribution in [2.75, 3.05) is 0 Å². The molecule has 0 bridgehead atoms. The predicted molar refractivity (Wildman–Crippen MR) is 72.3 cm³/mol. The standard InChI is InChI=1S/C15H9N3O2/c16-8-10-1-3-11(4-2-10)13-7-12(15(19)20)9-18-14(13)5-6-17-18/h1-7,9H,(H,19,20). The molecule has 0 aliphatic rings. The van der Waals surface area contributed by atoms with E-state index in [1.807, 2.05) is 6.07 Å². The summed E-state index contributed by atoms with van der Waals surface area (Å²) in [4.78, 5) is 11.2. The molecule has 5 heteroatoms. The Morgan fingerprint density at radius 1 is 1.25 bits per heavy atom. The molecule has 0 amide bonds. The van der Waals surface area contributed by atoms with E-state index in [0.29, 0.717) is 5.56 Å². The van der Waals surface area contributed by atoms with Gasteiger partial charge in [-0.1, -0.05) is 12.1 Å². The van der Waals surface area contributed by atoms with E-state index in [1.165, 1.54) is 10.7 Å². The average Bonchev–Trinajstić information content (AvgIpc) is 2.94. The number of nitriles is 1. The van der Waals surface area contributed by atoms with E-state index < -0.39 is 5.97 Å². The summed E-state index contributed by atoms with van der Waals surface area (Å²) in [5, 5.41) is 22.0. The lowest BCUT2D eigenvalue weighted by molar-refractivity contribution is 0.0696. The predicted octanol–water partition coefficient (Wildman–Crippen LogP) is 2.57. The molecule has 3 aromatic rings. The van der Waals surface area contributed by atoms with Crippen molar-refractivity contribution >= 4 is 11.5 Å². The van der Waals surface area contributed by atoms with E-state index >= 15 is 0 Å². The highest BCUT2D eigenvalue weighted by atomic mass is 16.4. The summed E-state index contributed by atoms with van der Waals surface area (Å²) < 4.78 is 1.54. The van der Waals surface area contributed by atoms with Gasteiger partial charge in [-0.3, -0.25) is 0 Å². The third-order valence-electron chi connectivity index (χ3n) is 3.08. The van der Waals surface area contributed by atoms with Gasteiger partial charge in [0.1, 0.15) is 0 Å². The normalized spacial score (nSPS) is 10.3. The number of carboxylic acids is 1. The molecule has 0 unspecified atom stereocenters. The summed E-state index contributed by atoms with van der Waals surface area (Å²) in [6.45, 7) is 0. The van der Waals surface area contributed by atoms with Crippen LogP contribution in [0.3, 0.4) is 0 Å². The van der Waals surface area contributed by atoms with Crippen LogP contribution in [0, 0.1) is 11.3 Å². The number of rotatable bonds is 2. The second kappa shape index (κ2) is 4.52. The summed E-state index contributed by atoms with van der Waals surface area (Å²) in [6.07, 6.45) is 3.10. The van der Waals surface area contributed by atoms with E-state index in [2.05, 4.69) is 11.2 Å². The van der Waals surface area contributed by atoms with Crippen molar-refractivity contribution in [2.45, 2.75) is 0 Å². The molecule has 0 saturated carbocycles. The minimum absolute atomic E-state index is 0.167. The first-order valence-electron chi connectivity index (χ1n) is 5.90. The van der Waals surface area contributed by atoms with Crippen molar-refractivity contribution in [3.8, 4) is 17.2 Å². The Morgan fingerprint density at radius 2 is 2.00 bits per heavy atom. The molecule has 2 heterocycles. The van der Waals surface area contributed by atoms with E-state index in [4.69, 9.17) is 10.4 Å². The quantitative estimate of drug-likeness (QED) is 0.770. The van der Waals surface area contributed by atoms with Gasteiger partial charge in [0.15, 0.2) is 0 Å². The molecule has 0 aliphatic heterocycles. The smallest absolute Gasteiger partial charge is 0.337 e. The Morgan fingerprint density at radius 3 is 2.65 bits per heavy atom. The van der Waals surface area contributed by atoms with Gasteiger partial charge in [0.2, 0.25) is 0 Å². The van der Waals surface area contributed by atoms with E-state index in [1.54, 1.807) is 36.5 Å². The molecule has 0 atom stereocenters. The molecule has 20 heavy (non-hydrogen) atoms. The van der Waals surface area contributed by atoms with Crippen LogP contribution in [-0.2, 0) is 0 Å². The second-order valence-corrected chi connectivity index (χ2v) is 4.30. The first-order valence-corrected chi connectivity index (χ1v) is 5.90. The minimum Gasteiger partial charge on any atom is -0.478 e. The monoisotopic (exact) mass is 263 g/mol. The summed E-state index contributed by atoms with van der Waals surface area (Å²) >= 11 is 0. The molecule has 0 saturated heterocycles. The summed E-state index contributed by atoms with van der Waals surface area (Å²) in [7, 11) is 0. The Labute approximate surface area is 114 Å². The van der Waals surface area contributed by atoms with Gasteiger partial charge in [-0.15, -0.1) is 0 Å². The molecule has 0 fully saturated rings. The number of pyridine rings is 1. The molecular formula is C15H9N3O2. The lowest BCUT2D eigenvalue weighted by Crippen LogP contribution is -2.01. The van der Waals surface area contributed by atoms with Crippen LogP contribution in [0.4, 0.5) is 0 Å². The minimum atomic E-state index is -1.00. The number of hydrogen-bond donors (Lipinski definition) is 1. The van der Waals surface area contributed by atoms with Gasteiger partial charge in [0.05, 0.1) is 22.7 Å². The van der Waals surface area contributed by atoms with Crippen molar-refractivity contribution in [1.82, 2.24) is 9.61 Å². The van der Waals surface area contributed by atoms with Gasteiger partial charge in [0.25, 0.3) is 0 Å². The fourth-order valence-electron chi connectivity index (χ4n) is 2.10. The maximum atomic E-state index is 11.2. The number of nitrogens with zero attached hydrogens (tertiary/aromatic N) is 3. The van der Waals surface area contributed by atoms with Crippen molar-refractivity contribution in [2.24, 2.45) is 0 Å². The van der Waals surface area contributed by atoms with Gasteiger partial charge in [-0.05, 0) is 29.8 Å². The Balaban J connectivity index is 2.25. The number of fused-ring (bicyclic) bond motifs is 1. The van der Waals surface area contributed by atoms with Crippen LogP contribution in [0.1, 0.15) is 15.9 Å². The lowest BCUT2D eigenvalue weighted by atomic mass is 10.0. The van der Waals surface area contributed by atoms with Gasteiger partial charge < -0.3 is 5.11 Å². The number of carboxylic acid groups (broad SMARTS) is 1. The molecule has 0 spiro atoms. The average molecular weight is 263 g/mol. The Kier molecular flexibility index (Phi) is 2.70. The van der Waals surface area contributed by atoms with Crippen LogP contribution in [0.2, 0.25) is 0 Å². The molecule has 1 aromatic carbocycles. The van der Waals surface area contributed by atoms with Crippen molar-refractivity contribution < 1.29 is 9.90 Å². The highest BCUT2D eigenvalue weighted by Gasteiger charge is 2.11. The molecule has 0 aliphatic carbocycles. The molecule has 0 radical (unpaired) electrons. The van der Waals surface area contributed by atoms with E-state index in [9.17, 15) is 4.79 Å². The first-order chi connectivity index (χ1) is 9.69. The van der Waals surface area contributed by atoms with Crippen LogP contribution in [0.5, 0.6) is 0 Å². The molecule has 1 N–H and O–H groups in total. The number of aromatic nitrogens is 2. The summed E-state index contributed by atoms with van der Waals surface area (Å²) in [5.74, 6) is -1.00. The molecule has 5 nitrogen and oxygen atoms in total. The van der Waals surface area contributed by atoms with Gasteiger partial charge in [-0.25, -0.2) is 9.31 Å². The third kappa shape index (κ3) is 1.89. The lowest BCUT2D eigenvalue weighted by Gasteiger charge is -2.06. The fraction of sp³-hybridized carbons (Fsp3) is 0. The van der Waals surface area contributed by atoms with Crippen molar-refractivity contribution in [1.29, 1.82) is 5.26 Å². The Bertz CT molecular complexity index is 842. The van der Waals surface area contributed by atoms with Crippen molar-refractivity contribution in [3.63, 3.8) is 0 Å². The molecule has 2 aromatic heterocycles. The number of hydrogen-bond acceptors (Lipinski definition) is 3. The van der Waals surface area contributed by atoms with Crippen molar-refractivity contribution in [3.05, 3.63) is 59.9 Å². The highest BCUT2D eigenvalue weighted by molar-refractivity contribution is 5.92. The van der Waals surface area contributed by atoms with E-state index in [0.717, 1.165) is 16.6 Å². The maximum Gasteiger partial charge on any atom is 0.337 e. The van der Waals surface area contributed by atoms with Crippen LogP contribution < -0.4 is 0 Å². The highest BCUT2D eigenvalue weighted by Crippen LogP contribution is 2.26. The summed E-state index contributed by atoms with van der Waals surface area (Å²) in [5.41, 5.74) is 3.16. The third-order valence-corrected chi connectivity index (χ3v) is 3.08. The molecule has 96 valence electrons. The maximum absolute atomic E-state index is 11.2. The zero-order valence-electron chi connectivity index (χ0n) is 10.3. The number of benzene rings is 1. The van der Waals surface area contributed by atoms with Crippen LogP contribution >= 0.6 is 0 Å². The molecular weight excluding hydrogens is 254 g/mol. The number of carbonyl (C=O) groups is 1. The second-order valence-electron chi connectivity index (χ2n) is 4.30. The molecule has 3 rings (SSSR count). The largest absolute Gasteiger partial charge is 0.478 e. The fourth-order valence-corrected chi connectivity index (χ4v) is 2.10. The number of aromatic carboxylic acids is 1. The van der Waals surface area contributed by atoms with E-state index in [-0.39, 0.29) is 5.56 Å². The zero-order valence-corrected chi connectivity index (χ0v) is 10.3. The Hall–Kier alpha value is -3.13. The van der Waals surface area contributed by atoms with Crippen LogP contribution in [-0.4, -0.2) is 20.7 Å². The topological polar surface area (TPSA) is 78.4 Å². The van der Waals surface area contributed by atoms with Gasteiger partial charge in [0, 0.05) is 18.0 Å². The van der Waals surface area contributed by atoms with Crippen LogP contribution in [0.25, 0.3) is 16.6 Å². The van der Waals surface area contributed by atoms with Gasteiger partial charge in [-0.2, -0.15) is 10.4 Å². The SMILES string of the molecule is N#Cc1ccc(-c2cc(C(=O)O)cn3nccc23)cc1. The first kappa shape index (κ1) is 11.9. The zero-order chi connectivity index (χ0) is 14.1. The summed E-state index contributed by atoms with van der Waals surface area (Å²) in [6, 6.07) is 12.5. The van der Waals surface area contributed by atoms with Crippen LogP contribution in [0.15, 0.2) is 48.8 Å². The van der Waals surface area contributed by atoms with Gasteiger partial charge >= 0.3 is 5.97 Å².